The molecule has 1 N–H and O–H groups in total. The molecule has 4 heteroatoms. The van der Waals surface area contributed by atoms with Crippen molar-refractivity contribution in [2.75, 3.05) is 11.9 Å². The fourth-order valence-corrected chi connectivity index (χ4v) is 2.53. The molecular formula is C22H29NO3. The van der Waals surface area contributed by atoms with E-state index < -0.39 is 6.10 Å². The highest BCUT2D eigenvalue weighted by molar-refractivity contribution is 5.94. The third-order valence-corrected chi connectivity index (χ3v) is 4.16. The van der Waals surface area contributed by atoms with Crippen LogP contribution < -0.4 is 14.8 Å². The third-order valence-electron chi connectivity index (χ3n) is 4.16. The van der Waals surface area contributed by atoms with Crippen LogP contribution in [-0.4, -0.2) is 18.6 Å². The highest BCUT2D eigenvalue weighted by Gasteiger charge is 2.15. The molecule has 0 fully saturated rings. The Balaban J connectivity index is 1.80. The van der Waals surface area contributed by atoms with E-state index in [9.17, 15) is 4.79 Å². The average Bonchev–Trinajstić information content (AvgIpc) is 2.64. The second-order valence-electron chi connectivity index (χ2n) is 6.45. The summed E-state index contributed by atoms with van der Waals surface area (Å²) in [6.07, 6.45) is 4.16. The van der Waals surface area contributed by atoms with Crippen LogP contribution in [0.15, 0.2) is 48.5 Å². The Hall–Kier alpha value is -2.49. The number of unbranched alkanes of at least 4 members (excludes halogenated alkanes) is 3. The lowest BCUT2D eigenvalue weighted by molar-refractivity contribution is -0.122. The maximum atomic E-state index is 12.3. The Morgan fingerprint density at radius 2 is 1.77 bits per heavy atom. The summed E-state index contributed by atoms with van der Waals surface area (Å²) in [4.78, 5) is 12.3. The number of anilines is 1. The molecule has 0 saturated heterocycles. The molecule has 2 aromatic rings. The van der Waals surface area contributed by atoms with Gasteiger partial charge >= 0.3 is 0 Å². The molecule has 140 valence electrons. The summed E-state index contributed by atoms with van der Waals surface area (Å²) < 4.78 is 11.5. The predicted molar refractivity (Wildman–Crippen MR) is 106 cm³/mol. The van der Waals surface area contributed by atoms with E-state index in [0.29, 0.717) is 0 Å². The SMILES string of the molecule is CCCCCCOc1ccc(NC(=O)C(C)Oc2ccccc2C)cc1. The van der Waals surface area contributed by atoms with Gasteiger partial charge in [0, 0.05) is 5.69 Å². The van der Waals surface area contributed by atoms with E-state index in [0.717, 1.165) is 35.8 Å². The van der Waals surface area contributed by atoms with Crippen molar-refractivity contribution in [2.24, 2.45) is 0 Å². The van der Waals surface area contributed by atoms with Crippen molar-refractivity contribution in [2.45, 2.75) is 52.6 Å². The number of carbonyl (C=O) groups is 1. The van der Waals surface area contributed by atoms with Gasteiger partial charge in [-0.3, -0.25) is 4.79 Å². The normalized spacial score (nSPS) is 11.7. The number of ether oxygens (including phenoxy) is 2. The van der Waals surface area contributed by atoms with Crippen LogP contribution in [0.2, 0.25) is 0 Å². The van der Waals surface area contributed by atoms with Gasteiger partial charge in [-0.25, -0.2) is 0 Å². The first-order valence-corrected chi connectivity index (χ1v) is 9.36. The topological polar surface area (TPSA) is 47.6 Å². The lowest BCUT2D eigenvalue weighted by Gasteiger charge is -2.16. The summed E-state index contributed by atoms with van der Waals surface area (Å²) >= 11 is 0. The molecule has 0 aliphatic heterocycles. The van der Waals surface area contributed by atoms with Crippen molar-refractivity contribution in [3.05, 3.63) is 54.1 Å². The third kappa shape index (κ3) is 6.43. The zero-order valence-electron chi connectivity index (χ0n) is 16.0. The summed E-state index contributed by atoms with van der Waals surface area (Å²) in [6, 6.07) is 15.1. The summed E-state index contributed by atoms with van der Waals surface area (Å²) in [5, 5.41) is 2.87. The zero-order valence-corrected chi connectivity index (χ0v) is 16.0. The number of hydrogen-bond donors (Lipinski definition) is 1. The van der Waals surface area contributed by atoms with Crippen LogP contribution in [0.3, 0.4) is 0 Å². The smallest absolute Gasteiger partial charge is 0.265 e. The number of hydrogen-bond acceptors (Lipinski definition) is 3. The van der Waals surface area contributed by atoms with Gasteiger partial charge in [0.15, 0.2) is 6.10 Å². The largest absolute Gasteiger partial charge is 0.494 e. The predicted octanol–water partition coefficient (Wildman–Crippen LogP) is 5.36. The van der Waals surface area contributed by atoms with Gasteiger partial charge in [-0.05, 0) is 56.2 Å². The molecule has 0 aromatic heterocycles. The standard InChI is InChI=1S/C22H29NO3/c1-4-5-6-9-16-25-20-14-12-19(13-15-20)23-22(24)18(3)26-21-11-8-7-10-17(21)2/h7-8,10-15,18H,4-6,9,16H2,1-3H3,(H,23,24). The minimum atomic E-state index is -0.578. The molecule has 0 spiro atoms. The summed E-state index contributed by atoms with van der Waals surface area (Å²) in [6.45, 7) is 6.63. The molecule has 1 amide bonds. The van der Waals surface area contributed by atoms with E-state index in [1.54, 1.807) is 6.92 Å². The summed E-state index contributed by atoms with van der Waals surface area (Å²) in [7, 11) is 0. The minimum absolute atomic E-state index is 0.179. The van der Waals surface area contributed by atoms with Crippen molar-refractivity contribution < 1.29 is 14.3 Å². The van der Waals surface area contributed by atoms with E-state index in [4.69, 9.17) is 9.47 Å². The highest BCUT2D eigenvalue weighted by atomic mass is 16.5. The van der Waals surface area contributed by atoms with Gasteiger partial charge in [0.2, 0.25) is 0 Å². The van der Waals surface area contributed by atoms with E-state index in [1.807, 2.05) is 55.5 Å². The Morgan fingerprint density at radius 3 is 2.46 bits per heavy atom. The minimum Gasteiger partial charge on any atom is -0.494 e. The molecule has 1 unspecified atom stereocenters. The quantitative estimate of drug-likeness (QED) is 0.584. The van der Waals surface area contributed by atoms with Gasteiger partial charge in [-0.15, -0.1) is 0 Å². The van der Waals surface area contributed by atoms with Crippen LogP contribution in [0.5, 0.6) is 11.5 Å². The van der Waals surface area contributed by atoms with Gasteiger partial charge < -0.3 is 14.8 Å². The molecule has 0 radical (unpaired) electrons. The fraction of sp³-hybridized carbons (Fsp3) is 0.409. The van der Waals surface area contributed by atoms with Crippen LogP contribution in [0.1, 0.15) is 45.1 Å². The zero-order chi connectivity index (χ0) is 18.8. The first-order chi connectivity index (χ1) is 12.6. The van der Waals surface area contributed by atoms with Crippen LogP contribution in [0, 0.1) is 6.92 Å². The van der Waals surface area contributed by atoms with Crippen LogP contribution in [0.4, 0.5) is 5.69 Å². The maximum absolute atomic E-state index is 12.3. The molecular weight excluding hydrogens is 326 g/mol. The Kier molecular flexibility index (Phi) is 8.00. The first-order valence-electron chi connectivity index (χ1n) is 9.36. The van der Waals surface area contributed by atoms with E-state index in [2.05, 4.69) is 12.2 Å². The summed E-state index contributed by atoms with van der Waals surface area (Å²) in [5.74, 6) is 1.37. The van der Waals surface area contributed by atoms with Crippen molar-refractivity contribution in [1.29, 1.82) is 0 Å². The molecule has 4 nitrogen and oxygen atoms in total. The number of nitrogens with one attached hydrogen (secondary N) is 1. The maximum Gasteiger partial charge on any atom is 0.265 e. The van der Waals surface area contributed by atoms with E-state index in [-0.39, 0.29) is 5.91 Å². The van der Waals surface area contributed by atoms with E-state index in [1.165, 1.54) is 19.3 Å². The van der Waals surface area contributed by atoms with Crippen LogP contribution >= 0.6 is 0 Å². The number of carbonyl (C=O) groups excluding carboxylic acids is 1. The van der Waals surface area contributed by atoms with E-state index >= 15 is 0 Å². The molecule has 1 atom stereocenters. The molecule has 0 bridgehead atoms. The van der Waals surface area contributed by atoms with Gasteiger partial charge in [0.1, 0.15) is 11.5 Å². The lowest BCUT2D eigenvalue weighted by Crippen LogP contribution is -2.30. The molecule has 26 heavy (non-hydrogen) atoms. The second kappa shape index (κ2) is 10.5. The molecule has 0 heterocycles. The fourth-order valence-electron chi connectivity index (χ4n) is 2.53. The number of rotatable bonds is 10. The number of aryl methyl sites for hydroxylation is 1. The molecule has 0 saturated carbocycles. The first kappa shape index (κ1) is 19.8. The lowest BCUT2D eigenvalue weighted by atomic mass is 10.2. The molecule has 2 aromatic carbocycles. The molecule has 0 aliphatic carbocycles. The van der Waals surface area contributed by atoms with Gasteiger partial charge in [0.25, 0.3) is 5.91 Å². The highest BCUT2D eigenvalue weighted by Crippen LogP contribution is 2.19. The second-order valence-corrected chi connectivity index (χ2v) is 6.45. The average molecular weight is 355 g/mol. The number of amides is 1. The van der Waals surface area contributed by atoms with Gasteiger partial charge in [-0.2, -0.15) is 0 Å². The van der Waals surface area contributed by atoms with Crippen molar-refractivity contribution in [3.63, 3.8) is 0 Å². The molecule has 2 rings (SSSR count). The van der Waals surface area contributed by atoms with Crippen LogP contribution in [-0.2, 0) is 4.79 Å². The summed E-state index contributed by atoms with van der Waals surface area (Å²) in [5.41, 5.74) is 1.74. The van der Waals surface area contributed by atoms with Crippen molar-refractivity contribution >= 4 is 11.6 Å². The number of benzene rings is 2. The Bertz CT molecular complexity index is 682. The molecule has 0 aliphatic rings. The number of para-hydroxylation sites is 1. The van der Waals surface area contributed by atoms with Crippen LogP contribution in [0.25, 0.3) is 0 Å². The van der Waals surface area contributed by atoms with Crippen molar-refractivity contribution in [3.8, 4) is 11.5 Å². The van der Waals surface area contributed by atoms with Crippen molar-refractivity contribution in [1.82, 2.24) is 0 Å². The Labute approximate surface area is 156 Å². The Morgan fingerprint density at radius 1 is 1.04 bits per heavy atom. The van der Waals surface area contributed by atoms with Gasteiger partial charge in [-0.1, -0.05) is 44.4 Å². The van der Waals surface area contributed by atoms with Gasteiger partial charge in [0.05, 0.1) is 6.61 Å². The monoisotopic (exact) mass is 355 g/mol.